The van der Waals surface area contributed by atoms with Crippen LogP contribution >= 0.6 is 27.7 Å². The van der Waals surface area contributed by atoms with Gasteiger partial charge in [0.1, 0.15) is 0 Å². The molecule has 1 fully saturated rings. The molecule has 0 bridgehead atoms. The lowest BCUT2D eigenvalue weighted by molar-refractivity contribution is 0.166. The highest BCUT2D eigenvalue weighted by molar-refractivity contribution is 9.10. The van der Waals surface area contributed by atoms with Gasteiger partial charge < -0.3 is 5.11 Å². The lowest BCUT2D eigenvalue weighted by Crippen LogP contribution is -2.27. The van der Waals surface area contributed by atoms with Gasteiger partial charge in [-0.05, 0) is 42.7 Å². The predicted octanol–water partition coefficient (Wildman–Crippen LogP) is 3.64. The Balaban J connectivity index is 1.90. The molecule has 1 N–H and O–H groups in total. The molecule has 1 aromatic carbocycles. The van der Waals surface area contributed by atoms with Crippen molar-refractivity contribution in [2.24, 2.45) is 0 Å². The van der Waals surface area contributed by atoms with Crippen LogP contribution < -0.4 is 0 Å². The quantitative estimate of drug-likeness (QED) is 0.920. The summed E-state index contributed by atoms with van der Waals surface area (Å²) in [5, 5.41) is 10.6. The van der Waals surface area contributed by atoms with Gasteiger partial charge in [0.15, 0.2) is 0 Å². The lowest BCUT2D eigenvalue weighted by atomic mass is 10.0. The van der Waals surface area contributed by atoms with Gasteiger partial charge >= 0.3 is 0 Å². The largest absolute Gasteiger partial charge is 0.392 e. The predicted molar refractivity (Wildman–Crippen MR) is 73.9 cm³/mol. The first-order valence-electron chi connectivity index (χ1n) is 5.80. The molecule has 2 unspecified atom stereocenters. The van der Waals surface area contributed by atoms with Crippen LogP contribution in [0.15, 0.2) is 28.7 Å². The molecule has 88 valence electrons. The second kappa shape index (κ2) is 6.08. The van der Waals surface area contributed by atoms with E-state index in [0.29, 0.717) is 5.25 Å². The molecule has 1 aliphatic rings. The molecule has 0 saturated carbocycles. The number of halogens is 1. The lowest BCUT2D eigenvalue weighted by Gasteiger charge is -2.26. The first-order chi connectivity index (χ1) is 7.75. The molecule has 0 aromatic heterocycles. The Morgan fingerprint density at radius 3 is 2.69 bits per heavy atom. The number of thioether (sulfide) groups is 1. The summed E-state index contributed by atoms with van der Waals surface area (Å²) in [4.78, 5) is 0. The van der Waals surface area contributed by atoms with E-state index in [0.717, 1.165) is 10.9 Å². The molecule has 0 spiro atoms. The van der Waals surface area contributed by atoms with Crippen molar-refractivity contribution in [2.75, 3.05) is 5.75 Å². The van der Waals surface area contributed by atoms with Crippen LogP contribution in [0.5, 0.6) is 0 Å². The minimum absolute atomic E-state index is 0.188. The smallest absolute Gasteiger partial charge is 0.0699 e. The molecule has 1 aliphatic heterocycles. The fraction of sp³-hybridized carbons (Fsp3) is 0.538. The van der Waals surface area contributed by atoms with Crippen molar-refractivity contribution in [3.05, 3.63) is 34.3 Å². The Bertz CT molecular complexity index is 319. The average Bonchev–Trinajstić information content (AvgIpc) is 2.33. The van der Waals surface area contributed by atoms with Crippen LogP contribution in [0.2, 0.25) is 0 Å². The Hall–Kier alpha value is 0.01000. The zero-order valence-corrected chi connectivity index (χ0v) is 11.6. The summed E-state index contributed by atoms with van der Waals surface area (Å²) < 4.78 is 1.10. The highest BCUT2D eigenvalue weighted by Crippen LogP contribution is 2.29. The van der Waals surface area contributed by atoms with Gasteiger partial charge in [0.05, 0.1) is 6.10 Å². The van der Waals surface area contributed by atoms with Gasteiger partial charge in [-0.15, -0.1) is 0 Å². The minimum Gasteiger partial charge on any atom is -0.392 e. The Labute approximate surface area is 110 Å². The third-order valence-electron chi connectivity index (χ3n) is 3.00. The Morgan fingerprint density at radius 2 is 2.06 bits per heavy atom. The summed E-state index contributed by atoms with van der Waals surface area (Å²) in [6.07, 6.45) is 4.35. The molecule has 3 heteroatoms. The number of hydrogen-bond donors (Lipinski definition) is 1. The standard InChI is InChI=1S/C13H17BrOS/c14-11-6-4-10(5-7-11)9-12(15)13-3-1-2-8-16-13/h4-7,12-13,15H,1-3,8-9H2. The van der Waals surface area contributed by atoms with Crippen molar-refractivity contribution in [1.29, 1.82) is 0 Å². The van der Waals surface area contributed by atoms with E-state index in [4.69, 9.17) is 0 Å². The van der Waals surface area contributed by atoms with Crippen molar-refractivity contribution in [3.63, 3.8) is 0 Å². The zero-order valence-electron chi connectivity index (χ0n) is 9.23. The van der Waals surface area contributed by atoms with Gasteiger partial charge in [-0.2, -0.15) is 11.8 Å². The Kier molecular flexibility index (Phi) is 4.74. The fourth-order valence-corrected chi connectivity index (χ4v) is 3.65. The summed E-state index contributed by atoms with van der Waals surface area (Å²) in [5.74, 6) is 1.21. The minimum atomic E-state index is -0.188. The van der Waals surface area contributed by atoms with Gasteiger partial charge in [-0.3, -0.25) is 0 Å². The number of benzene rings is 1. The van der Waals surface area contributed by atoms with Crippen LogP contribution in [0.25, 0.3) is 0 Å². The molecule has 2 atom stereocenters. The van der Waals surface area contributed by atoms with E-state index in [-0.39, 0.29) is 6.10 Å². The summed E-state index contributed by atoms with van der Waals surface area (Å²) >= 11 is 5.36. The van der Waals surface area contributed by atoms with E-state index in [1.807, 2.05) is 23.9 Å². The molecule has 0 aliphatic carbocycles. The summed E-state index contributed by atoms with van der Waals surface area (Å²) in [6.45, 7) is 0. The molecule has 16 heavy (non-hydrogen) atoms. The third-order valence-corrected chi connectivity index (χ3v) is 5.03. The highest BCUT2D eigenvalue weighted by atomic mass is 79.9. The number of aliphatic hydroxyl groups is 1. The van der Waals surface area contributed by atoms with Crippen LogP contribution in [-0.4, -0.2) is 22.2 Å². The molecule has 0 radical (unpaired) electrons. The van der Waals surface area contributed by atoms with Crippen molar-refractivity contribution >= 4 is 27.7 Å². The highest BCUT2D eigenvalue weighted by Gasteiger charge is 2.22. The number of rotatable bonds is 3. The van der Waals surface area contributed by atoms with Crippen molar-refractivity contribution in [2.45, 2.75) is 37.0 Å². The summed E-state index contributed by atoms with van der Waals surface area (Å²) in [7, 11) is 0. The first-order valence-corrected chi connectivity index (χ1v) is 7.64. The molecule has 0 amide bonds. The normalized spacial score (nSPS) is 23.0. The van der Waals surface area contributed by atoms with Crippen molar-refractivity contribution < 1.29 is 5.11 Å². The SMILES string of the molecule is OC(Cc1ccc(Br)cc1)C1CCCCS1. The van der Waals surface area contributed by atoms with Gasteiger partial charge in [0, 0.05) is 9.72 Å². The van der Waals surface area contributed by atoms with Crippen LogP contribution in [0, 0.1) is 0 Å². The van der Waals surface area contributed by atoms with Gasteiger partial charge in [-0.25, -0.2) is 0 Å². The first kappa shape index (κ1) is 12.5. The zero-order chi connectivity index (χ0) is 11.4. The number of aliphatic hydroxyl groups excluding tert-OH is 1. The maximum absolute atomic E-state index is 10.2. The van der Waals surface area contributed by atoms with Crippen LogP contribution in [0.4, 0.5) is 0 Å². The van der Waals surface area contributed by atoms with E-state index in [2.05, 4.69) is 28.1 Å². The van der Waals surface area contributed by atoms with E-state index in [1.54, 1.807) is 0 Å². The molecule has 2 rings (SSSR count). The van der Waals surface area contributed by atoms with Crippen LogP contribution in [0.3, 0.4) is 0 Å². The van der Waals surface area contributed by atoms with Gasteiger partial charge in [-0.1, -0.05) is 34.5 Å². The topological polar surface area (TPSA) is 20.2 Å². The van der Waals surface area contributed by atoms with E-state index < -0.39 is 0 Å². The van der Waals surface area contributed by atoms with Crippen molar-refractivity contribution in [1.82, 2.24) is 0 Å². The summed E-state index contributed by atoms with van der Waals surface area (Å²) in [5.41, 5.74) is 1.22. The van der Waals surface area contributed by atoms with Crippen LogP contribution in [0.1, 0.15) is 24.8 Å². The second-order valence-corrected chi connectivity index (χ2v) is 6.57. The third kappa shape index (κ3) is 3.51. The average molecular weight is 301 g/mol. The maximum Gasteiger partial charge on any atom is 0.0699 e. The van der Waals surface area contributed by atoms with Gasteiger partial charge in [0.2, 0.25) is 0 Å². The molecule has 1 saturated heterocycles. The van der Waals surface area contributed by atoms with Crippen molar-refractivity contribution in [3.8, 4) is 0 Å². The van der Waals surface area contributed by atoms with E-state index in [9.17, 15) is 5.11 Å². The Morgan fingerprint density at radius 1 is 1.31 bits per heavy atom. The maximum atomic E-state index is 10.2. The van der Waals surface area contributed by atoms with E-state index in [1.165, 1.54) is 30.6 Å². The summed E-state index contributed by atoms with van der Waals surface area (Å²) in [6, 6.07) is 8.24. The molecule has 1 nitrogen and oxygen atoms in total. The fourth-order valence-electron chi connectivity index (χ4n) is 2.06. The van der Waals surface area contributed by atoms with Gasteiger partial charge in [0.25, 0.3) is 0 Å². The number of hydrogen-bond acceptors (Lipinski definition) is 2. The molecular formula is C13H17BrOS. The van der Waals surface area contributed by atoms with Crippen LogP contribution in [-0.2, 0) is 6.42 Å². The second-order valence-electron chi connectivity index (χ2n) is 4.30. The molecule has 1 heterocycles. The monoisotopic (exact) mass is 300 g/mol. The van der Waals surface area contributed by atoms with E-state index >= 15 is 0 Å². The molecular weight excluding hydrogens is 284 g/mol. The molecule has 1 aromatic rings.